The van der Waals surface area contributed by atoms with Gasteiger partial charge >= 0.3 is 0 Å². The van der Waals surface area contributed by atoms with E-state index in [1.807, 2.05) is 55.4 Å². The van der Waals surface area contributed by atoms with Crippen LogP contribution < -0.4 is 0 Å². The molecule has 0 aliphatic heterocycles. The maximum absolute atomic E-state index is 9.44. The molecule has 0 fully saturated rings. The van der Waals surface area contributed by atoms with Crippen LogP contribution in [0.15, 0.2) is 182 Å². The molecule has 0 heterocycles. The number of hydrogen-bond acceptors (Lipinski definition) is 2. The zero-order chi connectivity index (χ0) is 46.2. The summed E-state index contributed by atoms with van der Waals surface area (Å²) in [5, 5.41) is 0. The first-order chi connectivity index (χ1) is 29.6. The molecule has 6 aromatic rings. The molecule has 0 bridgehead atoms. The fourth-order valence-corrected chi connectivity index (χ4v) is 6.91. The zero-order valence-corrected chi connectivity index (χ0v) is 43.8. The Morgan fingerprint density at radius 2 is 0.460 bits per heavy atom. The summed E-state index contributed by atoms with van der Waals surface area (Å²) in [5.74, 6) is 0.167. The van der Waals surface area contributed by atoms with E-state index in [9.17, 15) is 4.79 Å². The van der Waals surface area contributed by atoms with Gasteiger partial charge in [-0.15, -0.1) is 0 Å². The molecule has 63 heavy (non-hydrogen) atoms. The Labute approximate surface area is 413 Å². The topological polar surface area (TPSA) is 34.1 Å². The monoisotopic (exact) mass is 927 g/mol. The van der Waals surface area contributed by atoms with Crippen molar-refractivity contribution in [2.24, 2.45) is 10.8 Å². The fraction of sp³-hybridized carbons (Fsp3) is 0.367. The molecular weight excluding hydrogens is 842 g/mol. The van der Waals surface area contributed by atoms with E-state index in [4.69, 9.17) is 4.79 Å². The van der Waals surface area contributed by atoms with Crippen LogP contribution in [0, 0.1) is 10.8 Å². The van der Waals surface area contributed by atoms with Crippen LogP contribution in [0.3, 0.4) is 0 Å². The van der Waals surface area contributed by atoms with Gasteiger partial charge in [-0.1, -0.05) is 259 Å². The first kappa shape index (κ1) is 65.4. The molecule has 341 valence electrons. The normalized spacial score (nSPS) is 9.29. The fourth-order valence-electron chi connectivity index (χ4n) is 6.91. The Morgan fingerprint density at radius 1 is 0.365 bits per heavy atom. The smallest absolute Gasteiger partial charge is 0.126 e. The Morgan fingerprint density at radius 3 is 0.556 bits per heavy atom. The van der Waals surface area contributed by atoms with Gasteiger partial charge < -0.3 is 9.59 Å². The summed E-state index contributed by atoms with van der Waals surface area (Å²) < 4.78 is 0. The molecule has 0 atom stereocenters. The molecule has 0 saturated carbocycles. The summed E-state index contributed by atoms with van der Waals surface area (Å²) in [7, 11) is 0. The van der Waals surface area contributed by atoms with Crippen LogP contribution in [-0.2, 0) is 80.8 Å². The van der Waals surface area contributed by atoms with Gasteiger partial charge in [0, 0.05) is 32.7 Å². The number of carbonyl (C=O) groups excluding carboxylic acids is 2. The molecule has 0 amide bonds. The standard InChI is InChI=1S/2C23H24.C3H6O.C2H3O.4C2H6.CH4.Y/c2*1-23(17-20-11-5-2-6-12-20,18-21-13-7-3-8-14-21)19-22-15-9-4-10-16-22;1-3(2)4;1-2-3;4*1-2;;/h2*2-16H,17-19H2,1H3;1-2H3;1H3;4*1-2H3;1H4;/q;;;-1;;;;;;. The van der Waals surface area contributed by atoms with Crippen molar-refractivity contribution in [2.75, 3.05) is 0 Å². The van der Waals surface area contributed by atoms with Crippen molar-refractivity contribution in [1.29, 1.82) is 0 Å². The van der Waals surface area contributed by atoms with Gasteiger partial charge in [-0.2, -0.15) is 6.92 Å². The molecule has 2 nitrogen and oxygen atoms in total. The SMILES string of the molecule is C.CC.CC.CC.CC.CC(C)=O.CC(Cc1ccccc1)(Cc1ccccc1)Cc1ccccc1.CC(Cc1ccccc1)(Cc1ccccc1)Cc1ccccc1.C[C-]=O.[Y]. The van der Waals surface area contributed by atoms with Crippen molar-refractivity contribution >= 4 is 12.1 Å². The molecule has 0 saturated heterocycles. The predicted octanol–water partition coefficient (Wildman–Crippen LogP) is 16.9. The molecule has 0 aliphatic carbocycles. The first-order valence-electron chi connectivity index (χ1n) is 22.6. The third-order valence-corrected chi connectivity index (χ3v) is 8.84. The van der Waals surface area contributed by atoms with Crippen LogP contribution in [0.4, 0.5) is 0 Å². The van der Waals surface area contributed by atoms with Crippen LogP contribution in [0.5, 0.6) is 0 Å². The van der Waals surface area contributed by atoms with Gasteiger partial charge in [-0.25, -0.2) is 0 Å². The molecule has 0 unspecified atom stereocenters. The van der Waals surface area contributed by atoms with E-state index in [0.29, 0.717) is 0 Å². The summed E-state index contributed by atoms with van der Waals surface area (Å²) >= 11 is 0. The van der Waals surface area contributed by atoms with Gasteiger partial charge in [0.05, 0.1) is 0 Å². The van der Waals surface area contributed by atoms with E-state index >= 15 is 0 Å². The summed E-state index contributed by atoms with van der Waals surface area (Å²) in [4.78, 5) is 18.1. The molecule has 0 spiro atoms. The van der Waals surface area contributed by atoms with Crippen molar-refractivity contribution in [3.05, 3.63) is 215 Å². The van der Waals surface area contributed by atoms with E-state index in [2.05, 4.69) is 196 Å². The second-order valence-electron chi connectivity index (χ2n) is 14.7. The van der Waals surface area contributed by atoms with E-state index in [1.54, 1.807) is 0 Å². The van der Waals surface area contributed by atoms with Crippen LogP contribution in [0.1, 0.15) is 131 Å². The number of benzene rings is 6. The van der Waals surface area contributed by atoms with Gasteiger partial charge in [-0.05, 0) is 96.6 Å². The molecule has 6 aromatic carbocycles. The number of ketones is 1. The van der Waals surface area contributed by atoms with Crippen LogP contribution in [0.2, 0.25) is 0 Å². The third-order valence-electron chi connectivity index (χ3n) is 8.84. The van der Waals surface area contributed by atoms with E-state index in [0.717, 1.165) is 38.5 Å². The van der Waals surface area contributed by atoms with Crippen molar-refractivity contribution < 1.29 is 42.3 Å². The van der Waals surface area contributed by atoms with Crippen molar-refractivity contribution in [3.8, 4) is 0 Å². The third kappa shape index (κ3) is 33.0. The van der Waals surface area contributed by atoms with Gasteiger partial charge in [0.1, 0.15) is 5.78 Å². The maximum Gasteiger partial charge on any atom is 0.126 e. The number of rotatable bonds is 12. The van der Waals surface area contributed by atoms with Crippen molar-refractivity contribution in [1.82, 2.24) is 0 Å². The molecule has 3 heteroatoms. The Hall–Kier alpha value is -4.24. The minimum Gasteiger partial charge on any atom is -0.542 e. The van der Waals surface area contributed by atoms with Crippen LogP contribution in [-0.4, -0.2) is 12.1 Å². The molecular formula is C60H85O2Y-. The minimum atomic E-state index is 0. The van der Waals surface area contributed by atoms with Crippen LogP contribution in [0.25, 0.3) is 0 Å². The Balaban J connectivity index is -0.000000413. The first-order valence-corrected chi connectivity index (χ1v) is 22.6. The number of carbonyl (C=O) groups is 1. The minimum absolute atomic E-state index is 0. The summed E-state index contributed by atoms with van der Waals surface area (Å²) in [6, 6.07) is 65.2. The molecule has 0 aromatic heterocycles. The maximum atomic E-state index is 9.44. The Kier molecular flexibility index (Phi) is 44.7. The second kappa shape index (κ2) is 43.0. The van der Waals surface area contributed by atoms with E-state index in [-0.39, 0.29) is 56.7 Å². The van der Waals surface area contributed by atoms with Crippen molar-refractivity contribution in [3.63, 3.8) is 0 Å². The van der Waals surface area contributed by atoms with Crippen LogP contribution >= 0.6 is 0 Å². The van der Waals surface area contributed by atoms with Gasteiger partial charge in [0.2, 0.25) is 0 Å². The van der Waals surface area contributed by atoms with E-state index in [1.165, 1.54) is 60.4 Å². The Bertz CT molecular complexity index is 1490. The predicted molar refractivity (Wildman–Crippen MR) is 277 cm³/mol. The quantitative estimate of drug-likeness (QED) is 0.115. The zero-order valence-electron chi connectivity index (χ0n) is 41.0. The molecule has 6 rings (SSSR count). The number of Topliss-reactive ketones (excluding diaryl/α,β-unsaturated/α-hetero) is 1. The molecule has 0 aliphatic rings. The average molecular weight is 927 g/mol. The second-order valence-corrected chi connectivity index (χ2v) is 14.7. The van der Waals surface area contributed by atoms with Crippen molar-refractivity contribution in [2.45, 2.75) is 136 Å². The average Bonchev–Trinajstić information content (AvgIpc) is 3.28. The summed E-state index contributed by atoms with van der Waals surface area (Å²) in [6.45, 7) is 25.2. The number of hydrogen-bond donors (Lipinski definition) is 0. The van der Waals surface area contributed by atoms with Gasteiger partial charge in [-0.3, -0.25) is 6.29 Å². The summed E-state index contributed by atoms with van der Waals surface area (Å²) in [5.41, 5.74) is 8.94. The molecule has 1 radical (unpaired) electrons. The van der Waals surface area contributed by atoms with Gasteiger partial charge in [0.25, 0.3) is 0 Å². The van der Waals surface area contributed by atoms with E-state index < -0.39 is 0 Å². The molecule has 0 N–H and O–H groups in total. The van der Waals surface area contributed by atoms with Gasteiger partial charge in [0.15, 0.2) is 0 Å². The summed E-state index contributed by atoms with van der Waals surface area (Å²) in [6.07, 6.45) is 8.07. The largest absolute Gasteiger partial charge is 0.542 e.